The summed E-state index contributed by atoms with van der Waals surface area (Å²) in [6.45, 7) is 0. The minimum absolute atomic E-state index is 0.0377. The first kappa shape index (κ1) is 41.8. The number of nitrogens with zero attached hydrogens (tertiary/aromatic N) is 4. The molecule has 6 aromatic rings. The Kier molecular flexibility index (Phi) is 9.92. The van der Waals surface area contributed by atoms with Crippen molar-refractivity contribution in [1.82, 2.24) is 15.0 Å². The van der Waals surface area contributed by atoms with Crippen molar-refractivity contribution >= 4 is 85.4 Å². The maximum Gasteiger partial charge on any atom is 0.417 e. The molecule has 4 heterocycles. The Hall–Kier alpha value is -6.23. The molecule has 2 N–H and O–H groups in total. The second kappa shape index (κ2) is 15.2. The molecule has 324 valence electrons. The van der Waals surface area contributed by atoms with Crippen molar-refractivity contribution in [3.8, 4) is 23.0 Å². The number of carbonyl (C=O) groups excluding carboxylic acids is 4. The summed E-state index contributed by atoms with van der Waals surface area (Å²) in [6.07, 6.45) is -2.50. The molecule has 0 bridgehead atoms. The minimum atomic E-state index is -4.78. The van der Waals surface area contributed by atoms with E-state index in [1.165, 1.54) is 13.2 Å². The van der Waals surface area contributed by atoms with Crippen LogP contribution in [0.4, 0.5) is 24.7 Å². The van der Waals surface area contributed by atoms with E-state index in [1.54, 1.807) is 60.7 Å². The molecular formula is C46H31BrCl2F3N5O7. The number of oxazole rings is 1. The van der Waals surface area contributed by atoms with Gasteiger partial charge >= 0.3 is 6.18 Å². The van der Waals surface area contributed by atoms with Crippen LogP contribution in [0.2, 0.25) is 10.0 Å². The summed E-state index contributed by atoms with van der Waals surface area (Å²) >= 11 is 16.2. The number of ether oxygens (including phenoxy) is 1. The number of para-hydroxylation sites is 2. The average Bonchev–Trinajstić information content (AvgIpc) is 3.89. The summed E-state index contributed by atoms with van der Waals surface area (Å²) < 4.78 is 52.7. The number of halogens is 6. The van der Waals surface area contributed by atoms with E-state index in [4.69, 9.17) is 32.4 Å². The largest absolute Gasteiger partial charge is 0.504 e. The fourth-order valence-electron chi connectivity index (χ4n) is 10.1. The molecule has 0 radical (unpaired) electrons. The Bertz CT molecular complexity index is 2970. The van der Waals surface area contributed by atoms with E-state index in [0.717, 1.165) is 4.90 Å². The van der Waals surface area contributed by atoms with Gasteiger partial charge in [0.05, 0.1) is 46.6 Å². The number of nitrogens with one attached hydrogen (secondary N) is 1. The molecule has 1 saturated carbocycles. The van der Waals surface area contributed by atoms with E-state index >= 15 is 9.59 Å². The number of benzene rings is 4. The van der Waals surface area contributed by atoms with Gasteiger partial charge in [-0.05, 0) is 91.1 Å². The van der Waals surface area contributed by atoms with Crippen LogP contribution >= 0.6 is 39.1 Å². The molecule has 6 unspecified atom stereocenters. The fourth-order valence-corrected chi connectivity index (χ4v) is 10.9. The predicted molar refractivity (Wildman–Crippen MR) is 231 cm³/mol. The SMILES string of the molecule is COc1cc(Br)cc(C2C3=CCC4C(=O)N(c5ccc(-c6nc7ccccc7o6)cc5)C(=O)C4C3CC3C(=O)N(Nc4ncc(C(F)(F)F)cc4Cl)C(=O)C32c2ccc(Cl)cc2)c1O. The number of aromatic nitrogens is 2. The van der Waals surface area contributed by atoms with Crippen LogP contribution in [-0.2, 0) is 30.8 Å². The van der Waals surface area contributed by atoms with Gasteiger partial charge < -0.3 is 14.3 Å². The highest BCUT2D eigenvalue weighted by Crippen LogP contribution is 2.65. The molecule has 6 atom stereocenters. The second-order valence-corrected chi connectivity index (χ2v) is 17.8. The number of phenols is 1. The third-order valence-corrected chi connectivity index (χ3v) is 13.8. The smallest absolute Gasteiger partial charge is 0.417 e. The number of pyridine rings is 1. The molecule has 4 aliphatic rings. The molecule has 18 heteroatoms. The van der Waals surface area contributed by atoms with Crippen LogP contribution in [0, 0.1) is 23.7 Å². The fraction of sp³-hybridized carbons (Fsp3) is 0.217. The monoisotopic (exact) mass is 971 g/mol. The van der Waals surface area contributed by atoms with E-state index in [0.29, 0.717) is 66.1 Å². The molecule has 10 rings (SSSR count). The van der Waals surface area contributed by atoms with E-state index in [9.17, 15) is 27.9 Å². The van der Waals surface area contributed by atoms with Crippen LogP contribution < -0.4 is 15.1 Å². The summed E-state index contributed by atoms with van der Waals surface area (Å²) in [5.74, 6) is -8.15. The number of hydrogen-bond donors (Lipinski definition) is 2. The quantitative estimate of drug-likeness (QED) is 0.117. The van der Waals surface area contributed by atoms with E-state index < -0.39 is 81.2 Å². The number of alkyl halides is 3. The lowest BCUT2D eigenvalue weighted by Gasteiger charge is -2.50. The van der Waals surface area contributed by atoms with Crippen molar-refractivity contribution in [1.29, 1.82) is 0 Å². The third-order valence-electron chi connectivity index (χ3n) is 12.8. The number of amides is 4. The van der Waals surface area contributed by atoms with Crippen LogP contribution in [0.5, 0.6) is 11.5 Å². The molecule has 2 saturated heterocycles. The first-order valence-corrected chi connectivity index (χ1v) is 21.4. The number of hydrazine groups is 1. The molecule has 2 aliphatic carbocycles. The Balaban J connectivity index is 1.10. The van der Waals surface area contributed by atoms with Crippen molar-refractivity contribution in [2.24, 2.45) is 23.7 Å². The molecule has 64 heavy (non-hydrogen) atoms. The highest BCUT2D eigenvalue weighted by Gasteiger charge is 2.71. The standard InChI is InChI=1S/C46H31BrCl2F3N5O7/c1-63-35-18-24(47)17-30(38(35)58)37-27-14-15-28-36(43(61)56(41(28)59)26-12-6-21(7-13-26)40-54-33-4-2-3-5-34(33)64-40)29(27)19-31-42(60)57(44(62)45(31,37)22-8-10-25(48)11-9-22)55-39-32(49)16-23(20-53-39)46(50,51)52/h2-14,16-18,20,28-29,31,36-37,58H,15,19H2,1H3,(H,53,55). The number of hydrogen-bond acceptors (Lipinski definition) is 10. The van der Waals surface area contributed by atoms with Crippen molar-refractivity contribution in [2.75, 3.05) is 17.4 Å². The van der Waals surface area contributed by atoms with Crippen LogP contribution in [0.25, 0.3) is 22.6 Å². The Morgan fingerprint density at radius 1 is 0.938 bits per heavy atom. The Labute approximate surface area is 379 Å². The van der Waals surface area contributed by atoms with Gasteiger partial charge in [0.1, 0.15) is 5.52 Å². The molecule has 4 amide bonds. The van der Waals surface area contributed by atoms with Gasteiger partial charge in [0.2, 0.25) is 17.7 Å². The molecule has 2 aromatic heterocycles. The maximum absolute atomic E-state index is 15.5. The molecule has 0 spiro atoms. The summed E-state index contributed by atoms with van der Waals surface area (Å²) in [5.41, 5.74) is 2.76. The highest BCUT2D eigenvalue weighted by molar-refractivity contribution is 9.10. The van der Waals surface area contributed by atoms with Crippen molar-refractivity contribution in [3.63, 3.8) is 0 Å². The van der Waals surface area contributed by atoms with Crippen LogP contribution in [-0.4, -0.2) is 50.8 Å². The molecular weight excluding hydrogens is 942 g/mol. The van der Waals surface area contributed by atoms with Crippen LogP contribution in [0.3, 0.4) is 0 Å². The van der Waals surface area contributed by atoms with Crippen molar-refractivity contribution < 1.29 is 46.6 Å². The number of anilines is 2. The molecule has 4 aromatic carbocycles. The summed E-state index contributed by atoms with van der Waals surface area (Å²) in [5, 5.41) is 12.5. The summed E-state index contributed by atoms with van der Waals surface area (Å²) in [7, 11) is 1.35. The molecule has 2 aliphatic heterocycles. The minimum Gasteiger partial charge on any atom is -0.504 e. The number of allylic oxidation sites excluding steroid dienone is 2. The molecule has 12 nitrogen and oxygen atoms in total. The number of imide groups is 2. The summed E-state index contributed by atoms with van der Waals surface area (Å²) in [6, 6.07) is 24.0. The molecule has 3 fully saturated rings. The van der Waals surface area contributed by atoms with Gasteiger partial charge in [0, 0.05) is 32.7 Å². The van der Waals surface area contributed by atoms with Gasteiger partial charge in [-0.25, -0.2) is 9.97 Å². The zero-order valence-electron chi connectivity index (χ0n) is 33.1. The average molecular weight is 974 g/mol. The zero-order valence-corrected chi connectivity index (χ0v) is 36.2. The van der Waals surface area contributed by atoms with Gasteiger partial charge in [-0.3, -0.25) is 29.5 Å². The lowest BCUT2D eigenvalue weighted by atomic mass is 9.49. The lowest BCUT2D eigenvalue weighted by Crippen LogP contribution is -2.53. The highest BCUT2D eigenvalue weighted by atomic mass is 79.9. The zero-order chi connectivity index (χ0) is 45.0. The summed E-state index contributed by atoms with van der Waals surface area (Å²) in [4.78, 5) is 69.4. The van der Waals surface area contributed by atoms with Gasteiger partial charge in [-0.2, -0.15) is 18.2 Å². The van der Waals surface area contributed by atoms with Crippen molar-refractivity contribution in [3.05, 3.63) is 140 Å². The normalized spacial score (nSPS) is 24.2. The first-order valence-electron chi connectivity index (χ1n) is 19.9. The third kappa shape index (κ3) is 6.31. The van der Waals surface area contributed by atoms with Gasteiger partial charge in [0.25, 0.3) is 11.8 Å². The predicted octanol–water partition coefficient (Wildman–Crippen LogP) is 9.88. The number of phenolic OH excluding ortho intramolecular Hbond substituents is 1. The number of fused-ring (bicyclic) bond motifs is 5. The van der Waals surface area contributed by atoms with E-state index in [2.05, 4.69) is 31.3 Å². The maximum atomic E-state index is 15.5. The van der Waals surface area contributed by atoms with Gasteiger partial charge in [-0.15, -0.1) is 0 Å². The van der Waals surface area contributed by atoms with E-state index in [-0.39, 0.29) is 29.9 Å². The Morgan fingerprint density at radius 3 is 2.36 bits per heavy atom. The second-order valence-electron chi connectivity index (χ2n) is 16.0. The van der Waals surface area contributed by atoms with E-state index in [1.807, 2.05) is 24.3 Å². The number of carbonyl (C=O) groups is 4. The number of methoxy groups -OCH3 is 1. The first-order chi connectivity index (χ1) is 30.6. The van der Waals surface area contributed by atoms with Gasteiger partial charge in [-0.1, -0.05) is 75.0 Å². The van der Waals surface area contributed by atoms with Crippen LogP contribution in [0.1, 0.15) is 35.4 Å². The number of aromatic hydroxyl groups is 1. The van der Waals surface area contributed by atoms with Crippen molar-refractivity contribution in [2.45, 2.75) is 30.4 Å². The number of rotatable bonds is 7. The topological polar surface area (TPSA) is 155 Å². The van der Waals surface area contributed by atoms with Gasteiger partial charge in [0.15, 0.2) is 22.9 Å². The van der Waals surface area contributed by atoms with Crippen LogP contribution in [0.15, 0.2) is 118 Å². The lowest BCUT2D eigenvalue weighted by molar-refractivity contribution is -0.139. The Morgan fingerprint density at radius 2 is 1.67 bits per heavy atom.